The van der Waals surface area contributed by atoms with Crippen molar-refractivity contribution in [2.45, 2.75) is 6.92 Å². The average Bonchev–Trinajstić information content (AvgIpc) is 2.54. The lowest BCUT2D eigenvalue weighted by molar-refractivity contribution is -0.112. The van der Waals surface area contributed by atoms with Gasteiger partial charge in [0.05, 0.1) is 6.61 Å². The van der Waals surface area contributed by atoms with Gasteiger partial charge in [-0.05, 0) is 37.3 Å². The maximum atomic E-state index is 12.2. The minimum absolute atomic E-state index is 0.0165. The van der Waals surface area contributed by atoms with Crippen molar-refractivity contribution < 1.29 is 9.53 Å². The van der Waals surface area contributed by atoms with Gasteiger partial charge in [0.15, 0.2) is 0 Å². The number of nitrogens with zero attached hydrogens (tertiary/aromatic N) is 1. The topological polar surface area (TPSA) is 62.1 Å². The number of carbonyl (C=O) groups excluding carboxylic acids is 1. The van der Waals surface area contributed by atoms with E-state index in [0.717, 1.165) is 0 Å². The van der Waals surface area contributed by atoms with E-state index in [9.17, 15) is 10.1 Å². The van der Waals surface area contributed by atoms with Crippen LogP contribution in [-0.4, -0.2) is 12.5 Å². The molecular weight excluding hydrogens is 312 g/mol. The van der Waals surface area contributed by atoms with Crippen molar-refractivity contribution in [2.24, 2.45) is 0 Å². The van der Waals surface area contributed by atoms with Crippen LogP contribution in [0.1, 0.15) is 12.5 Å². The molecule has 0 radical (unpaired) electrons. The summed E-state index contributed by atoms with van der Waals surface area (Å²) in [4.78, 5) is 12.2. The molecule has 0 aliphatic rings. The Labute approximate surface area is 140 Å². The highest BCUT2D eigenvalue weighted by Gasteiger charge is 2.11. The molecule has 2 aromatic carbocycles. The van der Waals surface area contributed by atoms with Crippen molar-refractivity contribution in [3.63, 3.8) is 0 Å². The Morgan fingerprint density at radius 3 is 2.78 bits per heavy atom. The fourth-order valence-corrected chi connectivity index (χ4v) is 2.15. The Kier molecular flexibility index (Phi) is 5.79. The molecule has 0 atom stereocenters. The number of hydrogen-bond acceptors (Lipinski definition) is 3. The maximum Gasteiger partial charge on any atom is 0.266 e. The predicted octanol–water partition coefficient (Wildman–Crippen LogP) is 4.28. The predicted molar refractivity (Wildman–Crippen MR) is 91.3 cm³/mol. The third-order valence-electron chi connectivity index (χ3n) is 2.97. The maximum absolute atomic E-state index is 12.2. The van der Waals surface area contributed by atoms with Gasteiger partial charge in [0, 0.05) is 16.3 Å². The van der Waals surface area contributed by atoms with Gasteiger partial charge in [-0.15, -0.1) is 0 Å². The highest BCUT2D eigenvalue weighted by Crippen LogP contribution is 2.22. The number of carbonyl (C=O) groups is 1. The van der Waals surface area contributed by atoms with Crippen molar-refractivity contribution in [1.29, 1.82) is 5.26 Å². The fraction of sp³-hybridized carbons (Fsp3) is 0.111. The normalized spacial score (nSPS) is 10.7. The van der Waals surface area contributed by atoms with Gasteiger partial charge in [-0.1, -0.05) is 35.9 Å². The van der Waals surface area contributed by atoms with E-state index < -0.39 is 5.91 Å². The van der Waals surface area contributed by atoms with Crippen LogP contribution in [0.25, 0.3) is 6.08 Å². The summed E-state index contributed by atoms with van der Waals surface area (Å²) in [6, 6.07) is 15.9. The summed E-state index contributed by atoms with van der Waals surface area (Å²) < 4.78 is 5.49. The van der Waals surface area contributed by atoms with Crippen molar-refractivity contribution in [3.05, 3.63) is 64.7 Å². The van der Waals surface area contributed by atoms with E-state index in [4.69, 9.17) is 16.3 Å². The van der Waals surface area contributed by atoms with Crippen LogP contribution in [0.3, 0.4) is 0 Å². The number of hydrogen-bond donors (Lipinski definition) is 1. The first-order valence-corrected chi connectivity index (χ1v) is 7.42. The molecule has 23 heavy (non-hydrogen) atoms. The van der Waals surface area contributed by atoms with Gasteiger partial charge in [-0.2, -0.15) is 5.26 Å². The summed E-state index contributed by atoms with van der Waals surface area (Å²) in [5.41, 5.74) is 1.19. The summed E-state index contributed by atoms with van der Waals surface area (Å²) >= 11 is 5.88. The zero-order valence-electron chi connectivity index (χ0n) is 12.5. The summed E-state index contributed by atoms with van der Waals surface area (Å²) in [7, 11) is 0. The van der Waals surface area contributed by atoms with E-state index in [0.29, 0.717) is 28.6 Å². The van der Waals surface area contributed by atoms with E-state index in [1.54, 1.807) is 36.4 Å². The number of amides is 1. The van der Waals surface area contributed by atoms with Crippen molar-refractivity contribution >= 4 is 29.3 Å². The lowest BCUT2D eigenvalue weighted by Gasteiger charge is -2.08. The number of rotatable bonds is 5. The molecule has 2 aromatic rings. The zero-order valence-corrected chi connectivity index (χ0v) is 13.3. The number of nitriles is 1. The van der Waals surface area contributed by atoms with Gasteiger partial charge < -0.3 is 10.1 Å². The van der Waals surface area contributed by atoms with E-state index >= 15 is 0 Å². The molecule has 0 saturated heterocycles. The second kappa shape index (κ2) is 8.02. The smallest absolute Gasteiger partial charge is 0.266 e. The molecule has 0 aliphatic heterocycles. The van der Waals surface area contributed by atoms with E-state index in [-0.39, 0.29) is 5.57 Å². The lowest BCUT2D eigenvalue weighted by atomic mass is 10.1. The molecule has 4 nitrogen and oxygen atoms in total. The number of halogens is 1. The van der Waals surface area contributed by atoms with E-state index in [2.05, 4.69) is 5.32 Å². The molecule has 0 fully saturated rings. The van der Waals surface area contributed by atoms with Crippen molar-refractivity contribution in [2.75, 3.05) is 11.9 Å². The molecule has 2 rings (SSSR count). The molecular formula is C18H15ClN2O2. The second-order valence-electron chi connectivity index (χ2n) is 4.61. The molecule has 0 saturated carbocycles. The largest absolute Gasteiger partial charge is 0.493 e. The molecule has 0 aromatic heterocycles. The first-order valence-electron chi connectivity index (χ1n) is 7.04. The third kappa shape index (κ3) is 4.60. The van der Waals surface area contributed by atoms with Gasteiger partial charge in [-0.25, -0.2) is 0 Å². The van der Waals surface area contributed by atoms with Crippen LogP contribution >= 0.6 is 11.6 Å². The molecule has 1 N–H and O–H groups in total. The van der Waals surface area contributed by atoms with Gasteiger partial charge in [0.2, 0.25) is 0 Å². The Morgan fingerprint density at radius 2 is 2.09 bits per heavy atom. The molecule has 116 valence electrons. The molecule has 0 bridgehead atoms. The standard InChI is InChI=1S/C18H15ClN2O2/c1-2-23-17-9-4-3-6-13(17)10-14(12-20)18(22)21-16-8-5-7-15(19)11-16/h3-11H,2H2,1H3,(H,21,22)/b14-10+. The third-order valence-corrected chi connectivity index (χ3v) is 3.20. The van der Waals surface area contributed by atoms with Crippen LogP contribution in [0.2, 0.25) is 5.02 Å². The highest BCUT2D eigenvalue weighted by molar-refractivity contribution is 6.31. The van der Waals surface area contributed by atoms with E-state index in [1.807, 2.05) is 25.1 Å². The molecule has 0 spiro atoms. The van der Waals surface area contributed by atoms with Crippen LogP contribution in [0.15, 0.2) is 54.1 Å². The van der Waals surface area contributed by atoms with Gasteiger partial charge in [0.1, 0.15) is 17.4 Å². The number of ether oxygens (including phenoxy) is 1. The monoisotopic (exact) mass is 326 g/mol. The Bertz CT molecular complexity index is 779. The minimum Gasteiger partial charge on any atom is -0.493 e. The first-order chi connectivity index (χ1) is 11.1. The van der Waals surface area contributed by atoms with Crippen LogP contribution in [-0.2, 0) is 4.79 Å². The summed E-state index contributed by atoms with van der Waals surface area (Å²) in [6.07, 6.45) is 1.50. The number of anilines is 1. The second-order valence-corrected chi connectivity index (χ2v) is 5.04. The fourth-order valence-electron chi connectivity index (χ4n) is 1.96. The molecule has 0 unspecified atom stereocenters. The van der Waals surface area contributed by atoms with Crippen LogP contribution in [0.4, 0.5) is 5.69 Å². The van der Waals surface area contributed by atoms with Crippen molar-refractivity contribution in [3.8, 4) is 11.8 Å². The highest BCUT2D eigenvalue weighted by atomic mass is 35.5. The van der Waals surface area contributed by atoms with Crippen molar-refractivity contribution in [1.82, 2.24) is 0 Å². The molecule has 1 amide bonds. The van der Waals surface area contributed by atoms with Crippen LogP contribution < -0.4 is 10.1 Å². The van der Waals surface area contributed by atoms with Gasteiger partial charge in [0.25, 0.3) is 5.91 Å². The molecule has 5 heteroatoms. The zero-order chi connectivity index (χ0) is 16.7. The number of benzene rings is 2. The first kappa shape index (κ1) is 16.6. The van der Waals surface area contributed by atoms with Gasteiger partial charge >= 0.3 is 0 Å². The van der Waals surface area contributed by atoms with E-state index in [1.165, 1.54) is 6.08 Å². The Balaban J connectivity index is 2.25. The Morgan fingerprint density at radius 1 is 1.30 bits per heavy atom. The quantitative estimate of drug-likeness (QED) is 0.658. The SMILES string of the molecule is CCOc1ccccc1/C=C(\C#N)C(=O)Nc1cccc(Cl)c1. The molecule has 0 aliphatic carbocycles. The number of para-hydroxylation sites is 1. The van der Waals surface area contributed by atoms with Crippen LogP contribution in [0.5, 0.6) is 5.75 Å². The number of nitrogens with one attached hydrogen (secondary N) is 1. The summed E-state index contributed by atoms with van der Waals surface area (Å²) in [5.74, 6) is 0.124. The average molecular weight is 327 g/mol. The lowest BCUT2D eigenvalue weighted by Crippen LogP contribution is -2.13. The van der Waals surface area contributed by atoms with Crippen LogP contribution in [0, 0.1) is 11.3 Å². The van der Waals surface area contributed by atoms with Gasteiger partial charge in [-0.3, -0.25) is 4.79 Å². The minimum atomic E-state index is -0.499. The summed E-state index contributed by atoms with van der Waals surface area (Å²) in [6.45, 7) is 2.37. The molecule has 0 heterocycles. The summed E-state index contributed by atoms with van der Waals surface area (Å²) in [5, 5.41) is 12.4. The Hall–Kier alpha value is -2.77.